The minimum atomic E-state index is 0.0819. The molecule has 1 amide bonds. The van der Waals surface area contributed by atoms with Crippen molar-refractivity contribution in [2.75, 3.05) is 6.54 Å². The van der Waals surface area contributed by atoms with Gasteiger partial charge in [0.15, 0.2) is 5.82 Å². The van der Waals surface area contributed by atoms with Gasteiger partial charge in [0.2, 0.25) is 0 Å². The quantitative estimate of drug-likeness (QED) is 0.714. The molecule has 4 heterocycles. The monoisotopic (exact) mass is 328 g/mol. The molecule has 0 spiro atoms. The highest BCUT2D eigenvalue weighted by Crippen LogP contribution is 2.29. The van der Waals surface area contributed by atoms with Crippen LogP contribution in [-0.2, 0) is 27.1 Å². The van der Waals surface area contributed by atoms with Gasteiger partial charge in [0, 0.05) is 38.3 Å². The van der Waals surface area contributed by atoms with Crippen molar-refractivity contribution in [1.29, 1.82) is 0 Å². The van der Waals surface area contributed by atoms with E-state index in [1.807, 2.05) is 45.8 Å². The normalized spacial score (nSPS) is 14.1. The lowest BCUT2D eigenvalue weighted by Crippen LogP contribution is -2.36. The topological polar surface area (TPSA) is 68.8 Å². The van der Waals surface area contributed by atoms with Crippen LogP contribution in [0.15, 0.2) is 23.8 Å². The van der Waals surface area contributed by atoms with Crippen molar-refractivity contribution in [1.82, 2.24) is 29.4 Å². The largest absolute Gasteiger partial charge is 0.333 e. The van der Waals surface area contributed by atoms with Crippen molar-refractivity contribution >= 4 is 17.2 Å². The summed E-state index contributed by atoms with van der Waals surface area (Å²) in [6.45, 7) is 1.27. The molecule has 0 atom stereocenters. The van der Waals surface area contributed by atoms with Crippen LogP contribution >= 0.6 is 11.3 Å². The summed E-state index contributed by atoms with van der Waals surface area (Å²) >= 11 is 1.48. The fraction of sp³-hybridized carbons (Fsp3) is 0.333. The van der Waals surface area contributed by atoms with E-state index in [9.17, 15) is 4.79 Å². The minimum Gasteiger partial charge on any atom is -0.333 e. The van der Waals surface area contributed by atoms with E-state index in [0.29, 0.717) is 13.1 Å². The third kappa shape index (κ3) is 2.26. The van der Waals surface area contributed by atoms with Crippen LogP contribution in [0.1, 0.15) is 20.9 Å². The number of thiophene rings is 1. The lowest BCUT2D eigenvalue weighted by atomic mass is 10.0. The fourth-order valence-electron chi connectivity index (χ4n) is 3.00. The Kier molecular flexibility index (Phi) is 3.26. The predicted octanol–water partition coefficient (Wildman–Crippen LogP) is 1.48. The summed E-state index contributed by atoms with van der Waals surface area (Å²) in [5.74, 6) is 0.811. The Morgan fingerprint density at radius 3 is 2.91 bits per heavy atom. The molecule has 0 aliphatic carbocycles. The Balaban J connectivity index is 1.71. The highest BCUT2D eigenvalue weighted by atomic mass is 32.1. The molecule has 3 aromatic rings. The average Bonchev–Trinajstić information content (AvgIpc) is 3.27. The second kappa shape index (κ2) is 5.31. The van der Waals surface area contributed by atoms with Gasteiger partial charge in [0.25, 0.3) is 5.91 Å². The molecule has 0 unspecified atom stereocenters. The van der Waals surface area contributed by atoms with Gasteiger partial charge in [0.05, 0.1) is 11.4 Å². The maximum Gasteiger partial charge on any atom is 0.264 e. The van der Waals surface area contributed by atoms with Gasteiger partial charge in [-0.2, -0.15) is 5.10 Å². The number of hydrogen-bond donors (Lipinski definition) is 0. The van der Waals surface area contributed by atoms with Gasteiger partial charge >= 0.3 is 0 Å². The van der Waals surface area contributed by atoms with E-state index < -0.39 is 0 Å². The number of amides is 1. The Morgan fingerprint density at radius 2 is 2.22 bits per heavy atom. The van der Waals surface area contributed by atoms with Gasteiger partial charge in [0.1, 0.15) is 12.0 Å². The standard InChI is InChI=1S/C15H16N6OS/c1-19-9-16-17-14(19)13-10-8-21(6-5-11(10)20(2)18-13)15(22)12-4-3-7-23-12/h3-4,7,9H,5-6,8H2,1-2H3. The first kappa shape index (κ1) is 14.1. The Bertz CT molecular complexity index is 863. The van der Waals surface area contributed by atoms with E-state index in [4.69, 9.17) is 0 Å². The summed E-state index contributed by atoms with van der Waals surface area (Å²) < 4.78 is 3.74. The van der Waals surface area contributed by atoms with Crippen LogP contribution in [0.4, 0.5) is 0 Å². The van der Waals surface area contributed by atoms with Crippen molar-refractivity contribution in [3.8, 4) is 11.5 Å². The summed E-state index contributed by atoms with van der Waals surface area (Å²) in [5.41, 5.74) is 3.05. The smallest absolute Gasteiger partial charge is 0.264 e. The van der Waals surface area contributed by atoms with Crippen molar-refractivity contribution in [3.05, 3.63) is 40.0 Å². The lowest BCUT2D eigenvalue weighted by molar-refractivity contribution is 0.0738. The molecule has 0 fully saturated rings. The molecular weight excluding hydrogens is 312 g/mol. The Hall–Kier alpha value is -2.48. The van der Waals surface area contributed by atoms with Crippen LogP contribution in [0, 0.1) is 0 Å². The van der Waals surface area contributed by atoms with Gasteiger partial charge in [-0.3, -0.25) is 9.48 Å². The van der Waals surface area contributed by atoms with E-state index in [-0.39, 0.29) is 5.91 Å². The molecule has 7 nitrogen and oxygen atoms in total. The summed E-state index contributed by atoms with van der Waals surface area (Å²) in [4.78, 5) is 15.3. The van der Waals surface area contributed by atoms with Gasteiger partial charge in [-0.1, -0.05) is 6.07 Å². The zero-order valence-electron chi connectivity index (χ0n) is 12.9. The van der Waals surface area contributed by atoms with Gasteiger partial charge < -0.3 is 9.47 Å². The minimum absolute atomic E-state index is 0.0819. The predicted molar refractivity (Wildman–Crippen MR) is 86.0 cm³/mol. The van der Waals surface area contributed by atoms with E-state index in [0.717, 1.165) is 28.4 Å². The number of fused-ring (bicyclic) bond motifs is 1. The molecule has 1 aliphatic rings. The van der Waals surface area contributed by atoms with Crippen LogP contribution in [0.3, 0.4) is 0 Å². The highest BCUT2D eigenvalue weighted by molar-refractivity contribution is 7.12. The molecule has 4 rings (SSSR count). The first-order valence-corrected chi connectivity index (χ1v) is 8.25. The summed E-state index contributed by atoms with van der Waals surface area (Å²) in [5, 5.41) is 14.6. The third-order valence-electron chi connectivity index (χ3n) is 4.18. The molecule has 0 saturated carbocycles. The summed E-state index contributed by atoms with van der Waals surface area (Å²) in [7, 11) is 3.84. The van der Waals surface area contributed by atoms with Crippen molar-refractivity contribution in [2.24, 2.45) is 14.1 Å². The number of rotatable bonds is 2. The number of carbonyl (C=O) groups excluding carboxylic acids is 1. The molecule has 8 heteroatoms. The first-order chi connectivity index (χ1) is 11.1. The second-order valence-electron chi connectivity index (χ2n) is 5.62. The van der Waals surface area contributed by atoms with Crippen molar-refractivity contribution in [2.45, 2.75) is 13.0 Å². The van der Waals surface area contributed by atoms with Crippen molar-refractivity contribution in [3.63, 3.8) is 0 Å². The molecule has 1 aliphatic heterocycles. The highest BCUT2D eigenvalue weighted by Gasteiger charge is 2.29. The lowest BCUT2D eigenvalue weighted by Gasteiger charge is -2.27. The van der Waals surface area contributed by atoms with E-state index >= 15 is 0 Å². The van der Waals surface area contributed by atoms with Gasteiger partial charge in [-0.15, -0.1) is 21.5 Å². The number of hydrogen-bond acceptors (Lipinski definition) is 5. The van der Waals surface area contributed by atoms with E-state index in [2.05, 4.69) is 15.3 Å². The van der Waals surface area contributed by atoms with E-state index in [1.165, 1.54) is 17.0 Å². The molecule has 0 saturated heterocycles. The maximum absolute atomic E-state index is 12.6. The average molecular weight is 328 g/mol. The van der Waals surface area contributed by atoms with Gasteiger partial charge in [-0.05, 0) is 11.4 Å². The number of carbonyl (C=O) groups is 1. The number of aryl methyl sites for hydroxylation is 2. The molecule has 118 valence electrons. The van der Waals surface area contributed by atoms with E-state index in [1.54, 1.807) is 6.33 Å². The third-order valence-corrected chi connectivity index (χ3v) is 5.04. The SMILES string of the molecule is Cn1cnnc1-c1nn(C)c2c1CN(C(=O)c1cccs1)CC2. The summed E-state index contributed by atoms with van der Waals surface area (Å²) in [6, 6.07) is 3.78. The van der Waals surface area contributed by atoms with Crippen LogP contribution in [0.25, 0.3) is 11.5 Å². The fourth-order valence-corrected chi connectivity index (χ4v) is 3.69. The van der Waals surface area contributed by atoms with Crippen molar-refractivity contribution < 1.29 is 4.79 Å². The molecule has 0 N–H and O–H groups in total. The number of aromatic nitrogens is 5. The van der Waals surface area contributed by atoms with Crippen LogP contribution in [-0.4, -0.2) is 41.9 Å². The zero-order valence-corrected chi connectivity index (χ0v) is 13.7. The number of nitrogens with zero attached hydrogens (tertiary/aromatic N) is 6. The summed E-state index contributed by atoms with van der Waals surface area (Å²) in [6.07, 6.45) is 2.46. The first-order valence-electron chi connectivity index (χ1n) is 7.37. The second-order valence-corrected chi connectivity index (χ2v) is 6.56. The molecule has 0 bridgehead atoms. The molecule has 0 aromatic carbocycles. The Labute approximate surface area is 137 Å². The zero-order chi connectivity index (χ0) is 16.0. The molecule has 3 aromatic heterocycles. The van der Waals surface area contributed by atoms with Crippen LogP contribution in [0.2, 0.25) is 0 Å². The van der Waals surface area contributed by atoms with Crippen LogP contribution < -0.4 is 0 Å². The Morgan fingerprint density at radius 1 is 1.35 bits per heavy atom. The van der Waals surface area contributed by atoms with Gasteiger partial charge in [-0.25, -0.2) is 0 Å². The molecule has 0 radical (unpaired) electrons. The van der Waals surface area contributed by atoms with Crippen LogP contribution in [0.5, 0.6) is 0 Å². The molecule has 23 heavy (non-hydrogen) atoms. The molecular formula is C15H16N6OS. The maximum atomic E-state index is 12.6.